The van der Waals surface area contributed by atoms with E-state index in [0.29, 0.717) is 0 Å². The minimum atomic E-state index is 0.877. The summed E-state index contributed by atoms with van der Waals surface area (Å²) in [4.78, 5) is 0. The average Bonchev–Trinajstić information content (AvgIpc) is 2.44. The molecule has 1 aliphatic carbocycles. The Bertz CT molecular complexity index is 271. The van der Waals surface area contributed by atoms with Crippen LogP contribution < -0.4 is 0 Å². The second-order valence-corrected chi connectivity index (χ2v) is 3.50. The summed E-state index contributed by atoms with van der Waals surface area (Å²) in [5.41, 5.74) is 1.12. The first-order valence-corrected chi connectivity index (χ1v) is 4.53. The summed E-state index contributed by atoms with van der Waals surface area (Å²) in [5.74, 6) is 0.877. The second kappa shape index (κ2) is 3.13. The number of hydrogen-bond acceptors (Lipinski definition) is 1. The first-order chi connectivity index (χ1) is 5.88. The van der Waals surface area contributed by atoms with Gasteiger partial charge in [-0.05, 0) is 18.8 Å². The van der Waals surface area contributed by atoms with Crippen LogP contribution >= 0.6 is 0 Å². The van der Waals surface area contributed by atoms with Gasteiger partial charge < -0.3 is 0 Å². The largest absolute Gasteiger partial charge is 0.272 e. The Morgan fingerprint density at radius 1 is 1.67 bits per heavy atom. The van der Waals surface area contributed by atoms with E-state index in [0.717, 1.165) is 18.0 Å². The van der Waals surface area contributed by atoms with Crippen LogP contribution in [0.4, 0.5) is 0 Å². The van der Waals surface area contributed by atoms with Gasteiger partial charge >= 0.3 is 0 Å². The molecule has 0 saturated heterocycles. The lowest BCUT2D eigenvalue weighted by Crippen LogP contribution is -2.18. The molecule has 2 rings (SSSR count). The van der Waals surface area contributed by atoms with Crippen molar-refractivity contribution in [2.24, 2.45) is 5.92 Å². The van der Waals surface area contributed by atoms with Crippen LogP contribution in [0.15, 0.2) is 19.0 Å². The molecule has 1 fully saturated rings. The van der Waals surface area contributed by atoms with Gasteiger partial charge in [0.2, 0.25) is 0 Å². The Morgan fingerprint density at radius 3 is 3.00 bits per heavy atom. The van der Waals surface area contributed by atoms with Gasteiger partial charge in [0, 0.05) is 18.3 Å². The van der Waals surface area contributed by atoms with Gasteiger partial charge in [-0.15, -0.1) is 0 Å². The smallest absolute Gasteiger partial charge is 0.0562 e. The van der Waals surface area contributed by atoms with Crippen molar-refractivity contribution < 1.29 is 0 Å². The van der Waals surface area contributed by atoms with Crippen LogP contribution in [0.25, 0.3) is 6.08 Å². The van der Waals surface area contributed by atoms with E-state index in [4.69, 9.17) is 0 Å². The van der Waals surface area contributed by atoms with Gasteiger partial charge in [0.15, 0.2) is 0 Å². The van der Waals surface area contributed by atoms with Crippen LogP contribution in [0.1, 0.15) is 24.8 Å². The van der Waals surface area contributed by atoms with E-state index < -0.39 is 0 Å². The van der Waals surface area contributed by atoms with E-state index in [2.05, 4.69) is 17.9 Å². The van der Waals surface area contributed by atoms with Gasteiger partial charge in [-0.2, -0.15) is 5.10 Å². The van der Waals surface area contributed by atoms with Crippen LogP contribution in [-0.2, 0) is 6.54 Å². The zero-order chi connectivity index (χ0) is 8.39. The topological polar surface area (TPSA) is 17.8 Å². The van der Waals surface area contributed by atoms with Crippen LogP contribution in [0.5, 0.6) is 0 Å². The summed E-state index contributed by atoms with van der Waals surface area (Å²) >= 11 is 0. The van der Waals surface area contributed by atoms with Crippen molar-refractivity contribution in [2.45, 2.75) is 25.8 Å². The number of aromatic nitrogens is 2. The lowest BCUT2D eigenvalue weighted by Gasteiger charge is -2.24. The zero-order valence-corrected chi connectivity index (χ0v) is 7.24. The molecule has 0 spiro atoms. The summed E-state index contributed by atoms with van der Waals surface area (Å²) in [5, 5.41) is 4.25. The van der Waals surface area contributed by atoms with Crippen LogP contribution in [-0.4, -0.2) is 9.78 Å². The van der Waals surface area contributed by atoms with Gasteiger partial charge in [-0.25, -0.2) is 0 Å². The molecule has 1 saturated carbocycles. The molecule has 0 atom stereocenters. The Kier molecular flexibility index (Phi) is 1.98. The fraction of sp³-hybridized carbons (Fsp3) is 0.500. The molecule has 0 unspecified atom stereocenters. The molecule has 2 nitrogen and oxygen atoms in total. The third-order valence-corrected chi connectivity index (χ3v) is 2.56. The summed E-state index contributed by atoms with van der Waals surface area (Å²) in [6.45, 7) is 4.80. The summed E-state index contributed by atoms with van der Waals surface area (Å²) in [6, 6.07) is 0. The third kappa shape index (κ3) is 1.42. The lowest BCUT2D eigenvalue weighted by atomic mass is 9.85. The van der Waals surface area contributed by atoms with Gasteiger partial charge in [0.25, 0.3) is 0 Å². The van der Waals surface area contributed by atoms with Crippen LogP contribution in [0.3, 0.4) is 0 Å². The molecule has 0 bridgehead atoms. The minimum Gasteiger partial charge on any atom is -0.272 e. The molecule has 1 heterocycles. The highest BCUT2D eigenvalue weighted by Crippen LogP contribution is 2.27. The van der Waals surface area contributed by atoms with Crippen molar-refractivity contribution in [1.82, 2.24) is 9.78 Å². The van der Waals surface area contributed by atoms with Gasteiger partial charge in [-0.1, -0.05) is 19.1 Å². The number of hydrogen-bond donors (Lipinski definition) is 0. The van der Waals surface area contributed by atoms with Crippen molar-refractivity contribution in [3.63, 3.8) is 0 Å². The number of nitrogens with zero attached hydrogens (tertiary/aromatic N) is 2. The highest BCUT2D eigenvalue weighted by molar-refractivity contribution is 5.43. The molecule has 1 aromatic rings. The maximum Gasteiger partial charge on any atom is 0.0562 e. The molecule has 0 N–H and O–H groups in total. The molecular weight excluding hydrogens is 148 g/mol. The quantitative estimate of drug-likeness (QED) is 0.667. The SMILES string of the molecule is C=Cc1cnn(CC2CCC2)c1. The van der Waals surface area contributed by atoms with Crippen molar-refractivity contribution in [3.05, 3.63) is 24.5 Å². The minimum absolute atomic E-state index is 0.877. The maximum absolute atomic E-state index is 4.25. The first kappa shape index (κ1) is 7.59. The number of rotatable bonds is 3. The average molecular weight is 162 g/mol. The highest BCUT2D eigenvalue weighted by atomic mass is 15.3. The summed E-state index contributed by atoms with van der Waals surface area (Å²) in [7, 11) is 0. The van der Waals surface area contributed by atoms with Crippen LogP contribution in [0.2, 0.25) is 0 Å². The van der Waals surface area contributed by atoms with Crippen LogP contribution in [0, 0.1) is 5.92 Å². The molecule has 12 heavy (non-hydrogen) atoms. The van der Waals surface area contributed by atoms with E-state index in [-0.39, 0.29) is 0 Å². The fourth-order valence-corrected chi connectivity index (χ4v) is 1.52. The Hall–Kier alpha value is -1.05. The predicted octanol–water partition coefficient (Wildman–Crippen LogP) is 2.33. The van der Waals surface area contributed by atoms with Gasteiger partial charge in [0.05, 0.1) is 6.20 Å². The molecule has 0 radical (unpaired) electrons. The Labute approximate surface area is 72.9 Å². The van der Waals surface area contributed by atoms with Gasteiger partial charge in [-0.3, -0.25) is 4.68 Å². The summed E-state index contributed by atoms with van der Waals surface area (Å²) < 4.78 is 2.03. The standard InChI is InChI=1S/C10H14N2/c1-2-9-6-11-12(7-9)8-10-4-3-5-10/h2,6-7,10H,1,3-5,8H2. The monoisotopic (exact) mass is 162 g/mol. The van der Waals surface area contributed by atoms with E-state index in [9.17, 15) is 0 Å². The van der Waals surface area contributed by atoms with Gasteiger partial charge in [0.1, 0.15) is 0 Å². The molecule has 0 aromatic carbocycles. The molecule has 1 aliphatic rings. The molecule has 1 aromatic heterocycles. The normalized spacial score (nSPS) is 17.3. The fourth-order valence-electron chi connectivity index (χ4n) is 1.52. The van der Waals surface area contributed by atoms with E-state index in [1.54, 1.807) is 0 Å². The maximum atomic E-state index is 4.25. The molecule has 64 valence electrons. The second-order valence-electron chi connectivity index (χ2n) is 3.50. The zero-order valence-electron chi connectivity index (χ0n) is 7.24. The van der Waals surface area contributed by atoms with Crippen molar-refractivity contribution in [3.8, 4) is 0 Å². The molecule has 0 amide bonds. The Morgan fingerprint density at radius 2 is 2.50 bits per heavy atom. The molecular formula is C10H14N2. The predicted molar refractivity (Wildman–Crippen MR) is 49.7 cm³/mol. The lowest BCUT2D eigenvalue weighted by molar-refractivity contribution is 0.266. The first-order valence-electron chi connectivity index (χ1n) is 4.53. The van der Waals surface area contributed by atoms with Crippen molar-refractivity contribution >= 4 is 6.08 Å². The molecule has 0 aliphatic heterocycles. The Balaban J connectivity index is 1.97. The van der Waals surface area contributed by atoms with E-state index >= 15 is 0 Å². The van der Waals surface area contributed by atoms with Crippen molar-refractivity contribution in [2.75, 3.05) is 0 Å². The molecule has 2 heteroatoms. The third-order valence-electron chi connectivity index (χ3n) is 2.56. The highest BCUT2D eigenvalue weighted by Gasteiger charge is 2.17. The van der Waals surface area contributed by atoms with E-state index in [1.165, 1.54) is 19.3 Å². The van der Waals surface area contributed by atoms with Crippen molar-refractivity contribution in [1.29, 1.82) is 0 Å². The van der Waals surface area contributed by atoms with E-state index in [1.807, 2.05) is 17.0 Å². The summed E-state index contributed by atoms with van der Waals surface area (Å²) in [6.07, 6.45) is 9.92.